The Balaban J connectivity index is 1.79. The maximum absolute atomic E-state index is 12.1. The number of carbonyl (C=O) groups is 1. The van der Waals surface area contributed by atoms with Crippen molar-refractivity contribution >= 4 is 6.09 Å². The molecule has 2 atom stereocenters. The van der Waals surface area contributed by atoms with E-state index in [1.807, 2.05) is 25.7 Å². The monoisotopic (exact) mass is 296 g/mol. The summed E-state index contributed by atoms with van der Waals surface area (Å²) in [6.45, 7) is 9.63. The molecule has 21 heavy (non-hydrogen) atoms. The Morgan fingerprint density at radius 2 is 1.81 bits per heavy atom. The third-order valence-electron chi connectivity index (χ3n) is 4.61. The fourth-order valence-electron chi connectivity index (χ4n) is 3.46. The van der Waals surface area contributed by atoms with E-state index in [-0.39, 0.29) is 6.09 Å². The predicted molar refractivity (Wildman–Crippen MR) is 85.4 cm³/mol. The van der Waals surface area contributed by atoms with Crippen LogP contribution in [0.25, 0.3) is 0 Å². The summed E-state index contributed by atoms with van der Waals surface area (Å²) >= 11 is 0. The standard InChI is InChI=1S/C17H32N2O2/c1-13-12-19(16(20)21-17(2,3)4)11-10-15(13)18-14-8-6-5-7-9-14/h13-15,18H,5-12H2,1-4H3/t13-,15+/m0/s1. The SMILES string of the molecule is C[C@H]1CN(C(=O)OC(C)(C)C)CC[C@H]1NC1CCCCC1. The molecule has 4 heteroatoms. The van der Waals surface area contributed by atoms with Crippen molar-refractivity contribution < 1.29 is 9.53 Å². The minimum absolute atomic E-state index is 0.162. The molecule has 0 radical (unpaired) electrons. The summed E-state index contributed by atoms with van der Waals surface area (Å²) in [5.74, 6) is 0.494. The molecule has 0 bridgehead atoms. The number of nitrogens with one attached hydrogen (secondary N) is 1. The second kappa shape index (κ2) is 6.99. The topological polar surface area (TPSA) is 41.6 Å². The lowest BCUT2D eigenvalue weighted by Gasteiger charge is -2.40. The first-order chi connectivity index (χ1) is 9.85. The van der Waals surface area contributed by atoms with Crippen molar-refractivity contribution in [1.29, 1.82) is 0 Å². The first-order valence-corrected chi connectivity index (χ1v) is 8.59. The number of carbonyl (C=O) groups excluding carboxylic acids is 1. The highest BCUT2D eigenvalue weighted by Crippen LogP contribution is 2.23. The summed E-state index contributed by atoms with van der Waals surface area (Å²) in [5.41, 5.74) is -0.405. The number of piperidine rings is 1. The number of ether oxygens (including phenoxy) is 1. The lowest BCUT2D eigenvalue weighted by molar-refractivity contribution is 0.0136. The average Bonchev–Trinajstić information content (AvgIpc) is 2.40. The number of amides is 1. The van der Waals surface area contributed by atoms with Crippen molar-refractivity contribution in [2.24, 2.45) is 5.92 Å². The second-order valence-corrected chi connectivity index (χ2v) is 7.80. The number of nitrogens with zero attached hydrogens (tertiary/aromatic N) is 1. The smallest absolute Gasteiger partial charge is 0.410 e. The van der Waals surface area contributed by atoms with Crippen LogP contribution in [0.3, 0.4) is 0 Å². The van der Waals surface area contributed by atoms with Gasteiger partial charge in [-0.25, -0.2) is 4.79 Å². The quantitative estimate of drug-likeness (QED) is 0.847. The van der Waals surface area contributed by atoms with E-state index in [0.29, 0.717) is 18.0 Å². The van der Waals surface area contributed by atoms with Gasteiger partial charge < -0.3 is 15.0 Å². The van der Waals surface area contributed by atoms with Crippen LogP contribution in [0.1, 0.15) is 66.2 Å². The summed E-state index contributed by atoms with van der Waals surface area (Å²) in [5, 5.41) is 3.84. The first kappa shape index (κ1) is 16.6. The van der Waals surface area contributed by atoms with Gasteiger partial charge in [0.25, 0.3) is 0 Å². The molecule has 1 saturated carbocycles. The fraction of sp³-hybridized carbons (Fsp3) is 0.941. The summed E-state index contributed by atoms with van der Waals surface area (Å²) < 4.78 is 5.48. The predicted octanol–water partition coefficient (Wildman–Crippen LogP) is 3.55. The zero-order valence-electron chi connectivity index (χ0n) is 14.2. The van der Waals surface area contributed by atoms with Crippen LogP contribution < -0.4 is 5.32 Å². The number of hydrogen-bond donors (Lipinski definition) is 1. The number of likely N-dealkylation sites (tertiary alicyclic amines) is 1. The van der Waals surface area contributed by atoms with Crippen LogP contribution in [0.15, 0.2) is 0 Å². The summed E-state index contributed by atoms with van der Waals surface area (Å²) in [6.07, 6.45) is 7.64. The van der Waals surface area contributed by atoms with E-state index in [1.165, 1.54) is 32.1 Å². The van der Waals surface area contributed by atoms with Gasteiger partial charge in [-0.15, -0.1) is 0 Å². The second-order valence-electron chi connectivity index (χ2n) is 7.80. The zero-order chi connectivity index (χ0) is 15.5. The average molecular weight is 296 g/mol. The summed E-state index contributed by atoms with van der Waals surface area (Å²) in [7, 11) is 0. The highest BCUT2D eigenvalue weighted by molar-refractivity contribution is 5.68. The molecule has 1 N–H and O–H groups in total. The van der Waals surface area contributed by atoms with Crippen molar-refractivity contribution in [1.82, 2.24) is 10.2 Å². The first-order valence-electron chi connectivity index (χ1n) is 8.59. The van der Waals surface area contributed by atoms with E-state index in [4.69, 9.17) is 4.74 Å². The zero-order valence-corrected chi connectivity index (χ0v) is 14.2. The van der Waals surface area contributed by atoms with E-state index in [2.05, 4.69) is 12.2 Å². The van der Waals surface area contributed by atoms with Gasteiger partial charge in [-0.1, -0.05) is 26.2 Å². The molecule has 0 aromatic heterocycles. The van der Waals surface area contributed by atoms with Crippen LogP contribution in [-0.2, 0) is 4.74 Å². The Bertz CT molecular complexity index is 345. The van der Waals surface area contributed by atoms with E-state index in [0.717, 1.165) is 19.5 Å². The largest absolute Gasteiger partial charge is 0.444 e. The molecule has 0 aromatic rings. The van der Waals surface area contributed by atoms with E-state index in [9.17, 15) is 4.79 Å². The highest BCUT2D eigenvalue weighted by atomic mass is 16.6. The fourth-order valence-corrected chi connectivity index (χ4v) is 3.46. The Morgan fingerprint density at radius 1 is 1.14 bits per heavy atom. The molecule has 122 valence electrons. The van der Waals surface area contributed by atoms with Gasteiger partial charge in [0.2, 0.25) is 0 Å². The van der Waals surface area contributed by atoms with Crippen molar-refractivity contribution in [3.05, 3.63) is 0 Å². The van der Waals surface area contributed by atoms with Crippen molar-refractivity contribution in [2.75, 3.05) is 13.1 Å². The minimum Gasteiger partial charge on any atom is -0.444 e. The maximum atomic E-state index is 12.1. The third-order valence-corrected chi connectivity index (χ3v) is 4.61. The van der Waals surface area contributed by atoms with Crippen LogP contribution in [0.5, 0.6) is 0 Å². The van der Waals surface area contributed by atoms with Crippen molar-refractivity contribution in [3.63, 3.8) is 0 Å². The molecular weight excluding hydrogens is 264 g/mol. The van der Waals surface area contributed by atoms with Gasteiger partial charge >= 0.3 is 6.09 Å². The molecule has 4 nitrogen and oxygen atoms in total. The highest BCUT2D eigenvalue weighted by Gasteiger charge is 2.32. The van der Waals surface area contributed by atoms with Crippen LogP contribution >= 0.6 is 0 Å². The lowest BCUT2D eigenvalue weighted by atomic mass is 9.90. The number of rotatable bonds is 2. The number of hydrogen-bond acceptors (Lipinski definition) is 3. The third kappa shape index (κ3) is 5.17. The molecular formula is C17H32N2O2. The molecule has 1 amide bonds. The lowest BCUT2D eigenvalue weighted by Crippen LogP contribution is -2.53. The maximum Gasteiger partial charge on any atom is 0.410 e. The summed E-state index contributed by atoms with van der Waals surface area (Å²) in [4.78, 5) is 14.0. The van der Waals surface area contributed by atoms with E-state index < -0.39 is 5.60 Å². The van der Waals surface area contributed by atoms with Crippen LogP contribution in [0, 0.1) is 5.92 Å². The molecule has 1 heterocycles. The van der Waals surface area contributed by atoms with E-state index in [1.54, 1.807) is 0 Å². The normalized spacial score (nSPS) is 28.5. The Hall–Kier alpha value is -0.770. The van der Waals surface area contributed by atoms with Gasteiger partial charge in [-0.2, -0.15) is 0 Å². The molecule has 2 fully saturated rings. The minimum atomic E-state index is -0.405. The van der Waals surface area contributed by atoms with Crippen LogP contribution in [0.4, 0.5) is 4.79 Å². The molecule has 2 aliphatic rings. The van der Waals surface area contributed by atoms with Gasteiger partial charge in [0.1, 0.15) is 5.60 Å². The molecule has 2 rings (SSSR count). The molecule has 1 aliphatic heterocycles. The van der Waals surface area contributed by atoms with Crippen LogP contribution in [-0.4, -0.2) is 41.8 Å². The molecule has 1 saturated heterocycles. The van der Waals surface area contributed by atoms with Gasteiger partial charge in [0, 0.05) is 25.2 Å². The summed E-state index contributed by atoms with van der Waals surface area (Å²) in [6, 6.07) is 1.24. The van der Waals surface area contributed by atoms with Crippen molar-refractivity contribution in [3.8, 4) is 0 Å². The Morgan fingerprint density at radius 3 is 2.38 bits per heavy atom. The van der Waals surface area contributed by atoms with Gasteiger partial charge in [0.05, 0.1) is 0 Å². The van der Waals surface area contributed by atoms with Crippen molar-refractivity contribution in [2.45, 2.75) is 83.9 Å². The van der Waals surface area contributed by atoms with Gasteiger partial charge in [0.15, 0.2) is 0 Å². The van der Waals surface area contributed by atoms with Crippen LogP contribution in [0.2, 0.25) is 0 Å². The Kier molecular flexibility index (Phi) is 5.53. The molecule has 1 aliphatic carbocycles. The molecule has 0 aromatic carbocycles. The Labute approximate surface area is 129 Å². The van der Waals surface area contributed by atoms with Gasteiger partial charge in [-0.05, 0) is 46.0 Å². The molecule has 0 spiro atoms. The van der Waals surface area contributed by atoms with E-state index >= 15 is 0 Å². The van der Waals surface area contributed by atoms with Gasteiger partial charge in [-0.3, -0.25) is 0 Å². The molecule has 0 unspecified atom stereocenters.